The van der Waals surface area contributed by atoms with Gasteiger partial charge in [-0.15, -0.1) is 0 Å². The zero-order chi connectivity index (χ0) is 17.5. The third-order valence-electron chi connectivity index (χ3n) is 3.75. The monoisotopic (exact) mass is 326 g/mol. The van der Waals surface area contributed by atoms with Gasteiger partial charge in [0.25, 0.3) is 0 Å². The molecule has 0 aliphatic rings. The summed E-state index contributed by atoms with van der Waals surface area (Å²) < 4.78 is 5.68. The molecule has 1 amide bonds. The minimum absolute atomic E-state index is 0.0862. The molecule has 2 rings (SSSR count). The first-order valence-electron chi connectivity index (χ1n) is 8.28. The molecule has 4 nitrogen and oxygen atoms in total. The van der Waals surface area contributed by atoms with Crippen molar-refractivity contribution in [2.45, 2.75) is 27.7 Å². The summed E-state index contributed by atoms with van der Waals surface area (Å²) >= 11 is 0. The fourth-order valence-electron chi connectivity index (χ4n) is 2.25. The molecule has 0 saturated heterocycles. The van der Waals surface area contributed by atoms with E-state index < -0.39 is 0 Å². The molecule has 0 saturated carbocycles. The molecule has 24 heavy (non-hydrogen) atoms. The van der Waals surface area contributed by atoms with Crippen LogP contribution in [0.25, 0.3) is 0 Å². The van der Waals surface area contributed by atoms with Crippen molar-refractivity contribution in [1.82, 2.24) is 0 Å². The lowest BCUT2D eigenvalue weighted by atomic mass is 10.1. The smallest absolute Gasteiger partial charge is 0.243 e. The molecule has 2 aromatic carbocycles. The molecule has 2 N–H and O–H groups in total. The standard InChI is InChI=1S/C20H26N2O2/c1-14(2)13-24-18-9-6-8-17(11-18)22-20(23)12-21-19-10-5-7-15(3)16(19)4/h5-11,14,21H,12-13H2,1-4H3,(H,22,23). The number of benzene rings is 2. The highest BCUT2D eigenvalue weighted by atomic mass is 16.5. The Morgan fingerprint density at radius 3 is 2.62 bits per heavy atom. The fourth-order valence-corrected chi connectivity index (χ4v) is 2.25. The number of carbonyl (C=O) groups excluding carboxylic acids is 1. The van der Waals surface area contributed by atoms with Crippen LogP contribution in [0.1, 0.15) is 25.0 Å². The van der Waals surface area contributed by atoms with Gasteiger partial charge >= 0.3 is 0 Å². The molecule has 0 aromatic heterocycles. The Balaban J connectivity index is 1.90. The second kappa shape index (κ2) is 8.39. The van der Waals surface area contributed by atoms with E-state index in [0.717, 1.165) is 22.7 Å². The first-order valence-corrected chi connectivity index (χ1v) is 8.28. The molecule has 0 bridgehead atoms. The number of aryl methyl sites for hydroxylation is 1. The maximum absolute atomic E-state index is 12.1. The lowest BCUT2D eigenvalue weighted by molar-refractivity contribution is -0.114. The van der Waals surface area contributed by atoms with Crippen molar-refractivity contribution in [3.63, 3.8) is 0 Å². The van der Waals surface area contributed by atoms with Crippen molar-refractivity contribution in [3.8, 4) is 5.75 Å². The third kappa shape index (κ3) is 5.30. The van der Waals surface area contributed by atoms with Crippen molar-refractivity contribution in [3.05, 3.63) is 53.6 Å². The van der Waals surface area contributed by atoms with Gasteiger partial charge in [-0.3, -0.25) is 4.79 Å². The molecule has 2 aromatic rings. The zero-order valence-electron chi connectivity index (χ0n) is 14.8. The minimum atomic E-state index is -0.0862. The number of nitrogens with one attached hydrogen (secondary N) is 2. The van der Waals surface area contributed by atoms with Gasteiger partial charge in [-0.05, 0) is 49.1 Å². The number of hydrogen-bond donors (Lipinski definition) is 2. The van der Waals surface area contributed by atoms with Gasteiger partial charge in [0.1, 0.15) is 5.75 Å². The summed E-state index contributed by atoms with van der Waals surface area (Å²) in [6.45, 7) is 9.19. The van der Waals surface area contributed by atoms with Crippen LogP contribution >= 0.6 is 0 Å². The van der Waals surface area contributed by atoms with Gasteiger partial charge < -0.3 is 15.4 Å². The SMILES string of the molecule is Cc1cccc(NCC(=O)Nc2cccc(OCC(C)C)c2)c1C. The number of ether oxygens (including phenoxy) is 1. The highest BCUT2D eigenvalue weighted by Gasteiger charge is 2.06. The van der Waals surface area contributed by atoms with Crippen LogP contribution in [0.15, 0.2) is 42.5 Å². The lowest BCUT2D eigenvalue weighted by Crippen LogP contribution is -2.22. The van der Waals surface area contributed by atoms with E-state index in [4.69, 9.17) is 4.74 Å². The van der Waals surface area contributed by atoms with E-state index in [9.17, 15) is 4.79 Å². The molecule has 0 unspecified atom stereocenters. The summed E-state index contributed by atoms with van der Waals surface area (Å²) in [7, 11) is 0. The second-order valence-corrected chi connectivity index (χ2v) is 6.38. The maximum atomic E-state index is 12.1. The van der Waals surface area contributed by atoms with Crippen LogP contribution in [-0.2, 0) is 4.79 Å². The van der Waals surface area contributed by atoms with Crippen molar-refractivity contribution in [2.75, 3.05) is 23.8 Å². The first kappa shape index (κ1) is 17.9. The Bertz CT molecular complexity index is 696. The van der Waals surface area contributed by atoms with Crippen LogP contribution in [-0.4, -0.2) is 19.1 Å². The zero-order valence-corrected chi connectivity index (χ0v) is 14.8. The van der Waals surface area contributed by atoms with Crippen LogP contribution in [0.3, 0.4) is 0 Å². The summed E-state index contributed by atoms with van der Waals surface area (Å²) in [6.07, 6.45) is 0. The van der Waals surface area contributed by atoms with E-state index in [1.165, 1.54) is 5.56 Å². The Morgan fingerprint density at radius 1 is 1.12 bits per heavy atom. The fraction of sp³-hybridized carbons (Fsp3) is 0.350. The van der Waals surface area contributed by atoms with E-state index in [1.807, 2.05) is 43.3 Å². The number of amides is 1. The summed E-state index contributed by atoms with van der Waals surface area (Å²) in [5.41, 5.74) is 4.09. The molecule has 0 fully saturated rings. The van der Waals surface area contributed by atoms with Gasteiger partial charge in [0.15, 0.2) is 0 Å². The van der Waals surface area contributed by atoms with Gasteiger partial charge in [-0.2, -0.15) is 0 Å². The predicted octanol–water partition coefficient (Wildman–Crippen LogP) is 4.39. The van der Waals surface area contributed by atoms with Crippen molar-refractivity contribution in [1.29, 1.82) is 0 Å². The topological polar surface area (TPSA) is 50.4 Å². The highest BCUT2D eigenvalue weighted by Crippen LogP contribution is 2.19. The van der Waals surface area contributed by atoms with Gasteiger partial charge in [-0.25, -0.2) is 0 Å². The molecular formula is C20H26N2O2. The number of anilines is 2. The number of rotatable bonds is 7. The van der Waals surface area contributed by atoms with Crippen LogP contribution in [0.4, 0.5) is 11.4 Å². The third-order valence-corrected chi connectivity index (χ3v) is 3.75. The second-order valence-electron chi connectivity index (χ2n) is 6.38. The predicted molar refractivity (Wildman–Crippen MR) is 99.8 cm³/mol. The average Bonchev–Trinajstić information content (AvgIpc) is 2.55. The van der Waals surface area contributed by atoms with Gasteiger partial charge in [-0.1, -0.05) is 32.0 Å². The molecule has 0 atom stereocenters. The Morgan fingerprint density at radius 2 is 1.88 bits per heavy atom. The quantitative estimate of drug-likeness (QED) is 0.793. The molecule has 0 aliphatic heterocycles. The van der Waals surface area contributed by atoms with E-state index in [1.54, 1.807) is 0 Å². The molecule has 0 aliphatic carbocycles. The summed E-state index contributed by atoms with van der Waals surface area (Å²) in [6, 6.07) is 13.5. The molecule has 0 radical (unpaired) electrons. The van der Waals surface area contributed by atoms with Gasteiger partial charge in [0, 0.05) is 17.4 Å². The normalized spacial score (nSPS) is 10.5. The van der Waals surface area contributed by atoms with Crippen molar-refractivity contribution >= 4 is 17.3 Å². The van der Waals surface area contributed by atoms with E-state index in [-0.39, 0.29) is 12.5 Å². The van der Waals surface area contributed by atoms with E-state index in [2.05, 4.69) is 37.5 Å². The highest BCUT2D eigenvalue weighted by molar-refractivity contribution is 5.94. The van der Waals surface area contributed by atoms with Crippen molar-refractivity contribution < 1.29 is 9.53 Å². The van der Waals surface area contributed by atoms with Crippen LogP contribution in [0.5, 0.6) is 5.75 Å². The van der Waals surface area contributed by atoms with Crippen LogP contribution < -0.4 is 15.4 Å². The molecule has 0 heterocycles. The largest absolute Gasteiger partial charge is 0.493 e. The number of hydrogen-bond acceptors (Lipinski definition) is 3. The van der Waals surface area contributed by atoms with E-state index in [0.29, 0.717) is 12.5 Å². The van der Waals surface area contributed by atoms with E-state index >= 15 is 0 Å². The molecule has 4 heteroatoms. The lowest BCUT2D eigenvalue weighted by Gasteiger charge is -2.13. The van der Waals surface area contributed by atoms with Gasteiger partial charge in [0.2, 0.25) is 5.91 Å². The molecule has 128 valence electrons. The summed E-state index contributed by atoms with van der Waals surface area (Å²) in [5, 5.41) is 6.08. The summed E-state index contributed by atoms with van der Waals surface area (Å²) in [5.74, 6) is 1.14. The maximum Gasteiger partial charge on any atom is 0.243 e. The van der Waals surface area contributed by atoms with Crippen LogP contribution in [0, 0.1) is 19.8 Å². The number of carbonyl (C=O) groups is 1. The van der Waals surface area contributed by atoms with Crippen LogP contribution in [0.2, 0.25) is 0 Å². The Labute approximate surface area is 144 Å². The van der Waals surface area contributed by atoms with Crippen molar-refractivity contribution in [2.24, 2.45) is 5.92 Å². The average molecular weight is 326 g/mol. The first-order chi connectivity index (χ1) is 11.5. The molecular weight excluding hydrogens is 300 g/mol. The summed E-state index contributed by atoms with van der Waals surface area (Å²) in [4.78, 5) is 12.1. The Hall–Kier alpha value is -2.49. The Kier molecular flexibility index (Phi) is 6.24. The molecule has 0 spiro atoms. The van der Waals surface area contributed by atoms with Gasteiger partial charge in [0.05, 0.1) is 13.2 Å². The minimum Gasteiger partial charge on any atom is -0.493 e.